The summed E-state index contributed by atoms with van der Waals surface area (Å²) in [5.41, 5.74) is 2.59. The Kier molecular flexibility index (Phi) is 5.80. The SMILES string of the molecule is CCCNc1cc(CNC(C)(C)C)cc(C(C)C)n1. The number of hydrogen-bond acceptors (Lipinski definition) is 3. The Bertz CT molecular complexity index is 391. The molecule has 0 aliphatic carbocycles. The van der Waals surface area contributed by atoms with Gasteiger partial charge < -0.3 is 10.6 Å². The second kappa shape index (κ2) is 6.90. The van der Waals surface area contributed by atoms with Gasteiger partial charge in [-0.2, -0.15) is 0 Å². The molecule has 3 heteroatoms. The van der Waals surface area contributed by atoms with E-state index in [1.165, 1.54) is 5.56 Å². The predicted molar refractivity (Wildman–Crippen MR) is 83.7 cm³/mol. The highest BCUT2D eigenvalue weighted by atomic mass is 15.0. The summed E-state index contributed by atoms with van der Waals surface area (Å²) in [6, 6.07) is 4.36. The standard InChI is InChI=1S/C16H29N3/c1-7-8-17-15-10-13(11-18-16(4,5)6)9-14(19-15)12(2)3/h9-10,12,18H,7-8,11H2,1-6H3,(H,17,19). The highest BCUT2D eigenvalue weighted by molar-refractivity contribution is 5.40. The van der Waals surface area contributed by atoms with Crippen LogP contribution in [0, 0.1) is 0 Å². The van der Waals surface area contributed by atoms with Crippen LogP contribution in [0.4, 0.5) is 5.82 Å². The number of aromatic nitrogens is 1. The van der Waals surface area contributed by atoms with E-state index in [1.54, 1.807) is 0 Å². The van der Waals surface area contributed by atoms with Gasteiger partial charge >= 0.3 is 0 Å². The molecular weight excluding hydrogens is 234 g/mol. The third kappa shape index (κ3) is 6.06. The van der Waals surface area contributed by atoms with Crippen molar-refractivity contribution in [1.82, 2.24) is 10.3 Å². The molecule has 0 atom stereocenters. The Hall–Kier alpha value is -1.09. The van der Waals surface area contributed by atoms with E-state index < -0.39 is 0 Å². The molecule has 1 aromatic heterocycles. The number of hydrogen-bond donors (Lipinski definition) is 2. The fraction of sp³-hybridized carbons (Fsp3) is 0.688. The molecule has 0 fully saturated rings. The summed E-state index contributed by atoms with van der Waals surface area (Å²) in [4.78, 5) is 4.68. The van der Waals surface area contributed by atoms with Gasteiger partial charge in [0.1, 0.15) is 5.82 Å². The number of pyridine rings is 1. The molecule has 0 unspecified atom stereocenters. The first-order chi connectivity index (χ1) is 8.81. The van der Waals surface area contributed by atoms with Gasteiger partial charge in [-0.05, 0) is 50.8 Å². The van der Waals surface area contributed by atoms with E-state index in [1.807, 2.05) is 0 Å². The zero-order chi connectivity index (χ0) is 14.5. The Morgan fingerprint density at radius 3 is 2.42 bits per heavy atom. The molecule has 0 saturated heterocycles. The van der Waals surface area contributed by atoms with E-state index in [0.717, 1.165) is 31.0 Å². The lowest BCUT2D eigenvalue weighted by atomic mass is 10.1. The molecule has 1 rings (SSSR count). The molecule has 0 aliphatic rings. The summed E-state index contributed by atoms with van der Waals surface area (Å²) in [7, 11) is 0. The fourth-order valence-electron chi connectivity index (χ4n) is 1.72. The molecule has 3 nitrogen and oxygen atoms in total. The van der Waals surface area contributed by atoms with Crippen LogP contribution in [0.5, 0.6) is 0 Å². The third-order valence-electron chi connectivity index (χ3n) is 2.88. The number of nitrogens with one attached hydrogen (secondary N) is 2. The fourth-order valence-corrected chi connectivity index (χ4v) is 1.72. The Balaban J connectivity index is 2.86. The van der Waals surface area contributed by atoms with Gasteiger partial charge in [0, 0.05) is 24.3 Å². The number of rotatable bonds is 6. The average molecular weight is 263 g/mol. The topological polar surface area (TPSA) is 37.0 Å². The van der Waals surface area contributed by atoms with Crippen molar-refractivity contribution >= 4 is 5.82 Å². The minimum atomic E-state index is 0.137. The Morgan fingerprint density at radius 2 is 1.89 bits per heavy atom. The van der Waals surface area contributed by atoms with Crippen molar-refractivity contribution in [2.24, 2.45) is 0 Å². The number of nitrogens with zero attached hydrogens (tertiary/aromatic N) is 1. The highest BCUT2D eigenvalue weighted by Gasteiger charge is 2.11. The highest BCUT2D eigenvalue weighted by Crippen LogP contribution is 2.18. The quantitative estimate of drug-likeness (QED) is 0.817. The minimum Gasteiger partial charge on any atom is -0.370 e. The van der Waals surface area contributed by atoms with Crippen molar-refractivity contribution in [3.8, 4) is 0 Å². The van der Waals surface area contributed by atoms with Gasteiger partial charge in [-0.1, -0.05) is 20.8 Å². The zero-order valence-electron chi connectivity index (χ0n) is 13.3. The molecule has 0 aromatic carbocycles. The summed E-state index contributed by atoms with van der Waals surface area (Å²) in [6.45, 7) is 15.0. The molecule has 0 radical (unpaired) electrons. The average Bonchev–Trinajstić information content (AvgIpc) is 2.32. The molecular formula is C16H29N3. The van der Waals surface area contributed by atoms with Crippen LogP contribution in [-0.2, 0) is 6.54 Å². The second-order valence-corrected chi connectivity index (χ2v) is 6.47. The number of anilines is 1. The van der Waals surface area contributed by atoms with E-state index in [9.17, 15) is 0 Å². The zero-order valence-corrected chi connectivity index (χ0v) is 13.3. The Morgan fingerprint density at radius 1 is 1.21 bits per heavy atom. The van der Waals surface area contributed by atoms with Crippen LogP contribution in [-0.4, -0.2) is 17.1 Å². The summed E-state index contributed by atoms with van der Waals surface area (Å²) in [6.07, 6.45) is 1.11. The molecule has 19 heavy (non-hydrogen) atoms. The van der Waals surface area contributed by atoms with Gasteiger partial charge in [-0.3, -0.25) is 0 Å². The van der Waals surface area contributed by atoms with Crippen molar-refractivity contribution in [1.29, 1.82) is 0 Å². The van der Waals surface area contributed by atoms with Gasteiger partial charge in [0.25, 0.3) is 0 Å². The second-order valence-electron chi connectivity index (χ2n) is 6.47. The van der Waals surface area contributed by atoms with Gasteiger partial charge in [-0.25, -0.2) is 4.98 Å². The lowest BCUT2D eigenvalue weighted by Gasteiger charge is -2.21. The van der Waals surface area contributed by atoms with Gasteiger partial charge in [0.2, 0.25) is 0 Å². The van der Waals surface area contributed by atoms with Crippen molar-refractivity contribution in [2.75, 3.05) is 11.9 Å². The van der Waals surface area contributed by atoms with Gasteiger partial charge in [0.15, 0.2) is 0 Å². The summed E-state index contributed by atoms with van der Waals surface area (Å²) >= 11 is 0. The van der Waals surface area contributed by atoms with Crippen molar-refractivity contribution in [3.05, 3.63) is 23.4 Å². The van der Waals surface area contributed by atoms with E-state index in [2.05, 4.69) is 69.3 Å². The van der Waals surface area contributed by atoms with Gasteiger partial charge in [-0.15, -0.1) is 0 Å². The molecule has 2 N–H and O–H groups in total. The summed E-state index contributed by atoms with van der Waals surface area (Å²) < 4.78 is 0. The molecule has 0 saturated carbocycles. The minimum absolute atomic E-state index is 0.137. The molecule has 1 heterocycles. The van der Waals surface area contributed by atoms with E-state index in [-0.39, 0.29) is 5.54 Å². The molecule has 0 bridgehead atoms. The smallest absolute Gasteiger partial charge is 0.126 e. The van der Waals surface area contributed by atoms with Crippen molar-refractivity contribution in [2.45, 2.75) is 66.0 Å². The Labute approximate surface area is 118 Å². The van der Waals surface area contributed by atoms with Crippen LogP contribution in [0.1, 0.15) is 65.1 Å². The van der Waals surface area contributed by atoms with Crippen LogP contribution in [0.3, 0.4) is 0 Å². The van der Waals surface area contributed by atoms with E-state index in [4.69, 9.17) is 0 Å². The lowest BCUT2D eigenvalue weighted by molar-refractivity contribution is 0.424. The molecule has 1 aromatic rings. The monoisotopic (exact) mass is 263 g/mol. The largest absolute Gasteiger partial charge is 0.370 e. The molecule has 0 amide bonds. The van der Waals surface area contributed by atoms with Crippen LogP contribution in [0.15, 0.2) is 12.1 Å². The van der Waals surface area contributed by atoms with E-state index in [0.29, 0.717) is 5.92 Å². The first-order valence-electron chi connectivity index (χ1n) is 7.31. The first kappa shape index (κ1) is 16.0. The third-order valence-corrected chi connectivity index (χ3v) is 2.88. The summed E-state index contributed by atoms with van der Waals surface area (Å²) in [5, 5.41) is 6.92. The van der Waals surface area contributed by atoms with Crippen LogP contribution >= 0.6 is 0 Å². The lowest BCUT2D eigenvalue weighted by Crippen LogP contribution is -2.35. The maximum atomic E-state index is 4.68. The van der Waals surface area contributed by atoms with Crippen LogP contribution in [0.2, 0.25) is 0 Å². The summed E-state index contributed by atoms with van der Waals surface area (Å²) in [5.74, 6) is 1.45. The molecule has 108 valence electrons. The molecule has 0 aliphatic heterocycles. The van der Waals surface area contributed by atoms with Crippen molar-refractivity contribution < 1.29 is 0 Å². The maximum Gasteiger partial charge on any atom is 0.126 e. The van der Waals surface area contributed by atoms with Crippen LogP contribution in [0.25, 0.3) is 0 Å². The van der Waals surface area contributed by atoms with Crippen LogP contribution < -0.4 is 10.6 Å². The predicted octanol–water partition coefficient (Wildman–Crippen LogP) is 3.92. The normalized spacial score (nSPS) is 11.9. The van der Waals surface area contributed by atoms with Gasteiger partial charge in [0.05, 0.1) is 0 Å². The van der Waals surface area contributed by atoms with Crippen molar-refractivity contribution in [3.63, 3.8) is 0 Å². The maximum absolute atomic E-state index is 4.68. The first-order valence-corrected chi connectivity index (χ1v) is 7.31. The van der Waals surface area contributed by atoms with E-state index >= 15 is 0 Å². The molecule has 0 spiro atoms.